The van der Waals surface area contributed by atoms with Gasteiger partial charge in [0.25, 0.3) is 0 Å². The fraction of sp³-hybridized carbons (Fsp3) is 0.0833. The molecule has 94 valence electrons. The van der Waals surface area contributed by atoms with Crippen molar-refractivity contribution in [1.29, 1.82) is 0 Å². The lowest BCUT2D eigenvalue weighted by molar-refractivity contribution is -0.137. The minimum Gasteiger partial charge on any atom is -0.506 e. The lowest BCUT2D eigenvalue weighted by atomic mass is 10.1. The van der Waals surface area contributed by atoms with Crippen LogP contribution < -0.4 is 0 Å². The topological polar surface area (TPSA) is 33.1 Å². The molecule has 0 aliphatic carbocycles. The van der Waals surface area contributed by atoms with E-state index in [2.05, 4.69) is 4.98 Å². The van der Waals surface area contributed by atoms with Crippen LogP contribution in [0, 0.1) is 5.95 Å². The van der Waals surface area contributed by atoms with Crippen LogP contribution in [0.2, 0.25) is 0 Å². The molecule has 0 spiro atoms. The lowest BCUT2D eigenvalue weighted by Crippen LogP contribution is -2.04. The highest BCUT2D eigenvalue weighted by Crippen LogP contribution is 2.31. The minimum atomic E-state index is -4.44. The molecule has 0 aliphatic heterocycles. The van der Waals surface area contributed by atoms with Crippen LogP contribution in [-0.2, 0) is 6.18 Å². The zero-order chi connectivity index (χ0) is 13.3. The molecule has 2 nitrogen and oxygen atoms in total. The van der Waals surface area contributed by atoms with E-state index in [0.29, 0.717) is 0 Å². The van der Waals surface area contributed by atoms with Crippen molar-refractivity contribution >= 4 is 0 Å². The van der Waals surface area contributed by atoms with Crippen molar-refractivity contribution < 1.29 is 22.7 Å². The van der Waals surface area contributed by atoms with Gasteiger partial charge in [-0.2, -0.15) is 17.6 Å². The van der Waals surface area contributed by atoms with Crippen LogP contribution in [0.5, 0.6) is 5.75 Å². The van der Waals surface area contributed by atoms with Gasteiger partial charge in [-0.1, -0.05) is 12.1 Å². The summed E-state index contributed by atoms with van der Waals surface area (Å²) < 4.78 is 50.4. The van der Waals surface area contributed by atoms with Gasteiger partial charge >= 0.3 is 6.18 Å². The average Bonchev–Trinajstić information content (AvgIpc) is 2.31. The van der Waals surface area contributed by atoms with Crippen molar-refractivity contribution in [3.8, 4) is 16.9 Å². The molecule has 0 saturated carbocycles. The van der Waals surface area contributed by atoms with Gasteiger partial charge in [0.05, 0.1) is 11.8 Å². The summed E-state index contributed by atoms with van der Waals surface area (Å²) in [5.41, 5.74) is -0.660. The van der Waals surface area contributed by atoms with E-state index in [0.717, 1.165) is 36.5 Å². The third kappa shape index (κ3) is 2.42. The van der Waals surface area contributed by atoms with Gasteiger partial charge in [0.15, 0.2) is 0 Å². The first-order valence-corrected chi connectivity index (χ1v) is 4.90. The third-order valence-corrected chi connectivity index (χ3v) is 2.35. The monoisotopic (exact) mass is 257 g/mol. The number of rotatable bonds is 1. The summed E-state index contributed by atoms with van der Waals surface area (Å²) in [4.78, 5) is 3.29. The Hall–Kier alpha value is -2.11. The van der Waals surface area contributed by atoms with E-state index in [9.17, 15) is 22.7 Å². The predicted molar refractivity (Wildman–Crippen MR) is 56.3 cm³/mol. The van der Waals surface area contributed by atoms with Crippen molar-refractivity contribution in [3.63, 3.8) is 0 Å². The molecule has 0 fully saturated rings. The molecular weight excluding hydrogens is 250 g/mol. The first-order chi connectivity index (χ1) is 8.38. The van der Waals surface area contributed by atoms with Crippen molar-refractivity contribution in [2.75, 3.05) is 0 Å². The lowest BCUT2D eigenvalue weighted by Gasteiger charge is -2.08. The summed E-state index contributed by atoms with van der Waals surface area (Å²) in [6, 6.07) is 5.05. The Morgan fingerprint density at radius 1 is 1.06 bits per heavy atom. The van der Waals surface area contributed by atoms with Crippen molar-refractivity contribution in [1.82, 2.24) is 4.98 Å². The van der Waals surface area contributed by atoms with Crippen LogP contribution in [0.3, 0.4) is 0 Å². The van der Waals surface area contributed by atoms with Crippen LogP contribution in [0.1, 0.15) is 5.56 Å². The zero-order valence-electron chi connectivity index (χ0n) is 8.87. The number of pyridine rings is 1. The number of alkyl halides is 3. The van der Waals surface area contributed by atoms with E-state index >= 15 is 0 Å². The second-order valence-electron chi connectivity index (χ2n) is 3.61. The van der Waals surface area contributed by atoms with E-state index in [1.165, 1.54) is 0 Å². The zero-order valence-corrected chi connectivity index (χ0v) is 8.87. The molecule has 0 unspecified atom stereocenters. The quantitative estimate of drug-likeness (QED) is 0.625. The maximum atomic E-state index is 13.3. The Morgan fingerprint density at radius 3 is 2.22 bits per heavy atom. The molecule has 0 aliphatic rings. The van der Waals surface area contributed by atoms with Gasteiger partial charge in [0.1, 0.15) is 5.75 Å². The highest BCUT2D eigenvalue weighted by Gasteiger charge is 2.30. The molecule has 1 heterocycles. The molecule has 2 rings (SSSR count). The smallest absolute Gasteiger partial charge is 0.416 e. The molecule has 1 aromatic carbocycles. The Balaban J connectivity index is 2.43. The Morgan fingerprint density at radius 2 is 1.67 bits per heavy atom. The van der Waals surface area contributed by atoms with Gasteiger partial charge in [-0.05, 0) is 23.8 Å². The molecule has 0 saturated heterocycles. The summed E-state index contributed by atoms with van der Waals surface area (Å²) in [6.07, 6.45) is -3.52. The number of hydrogen-bond donors (Lipinski definition) is 1. The highest BCUT2D eigenvalue weighted by atomic mass is 19.4. The van der Waals surface area contributed by atoms with E-state index in [-0.39, 0.29) is 16.9 Å². The number of hydrogen-bond acceptors (Lipinski definition) is 2. The molecule has 0 bridgehead atoms. The summed E-state index contributed by atoms with van der Waals surface area (Å²) >= 11 is 0. The average molecular weight is 257 g/mol. The molecule has 6 heteroatoms. The van der Waals surface area contributed by atoms with E-state index in [1.807, 2.05) is 0 Å². The van der Waals surface area contributed by atoms with Crippen LogP contribution >= 0.6 is 0 Å². The molecule has 0 atom stereocenters. The molecule has 18 heavy (non-hydrogen) atoms. The molecule has 0 amide bonds. The van der Waals surface area contributed by atoms with Gasteiger partial charge in [0.2, 0.25) is 5.95 Å². The molecule has 1 aromatic heterocycles. The van der Waals surface area contributed by atoms with Gasteiger partial charge in [-0.25, -0.2) is 4.98 Å². The van der Waals surface area contributed by atoms with Crippen LogP contribution in [0.25, 0.3) is 11.1 Å². The van der Waals surface area contributed by atoms with Gasteiger partial charge in [0, 0.05) is 5.56 Å². The molecule has 2 aromatic rings. The summed E-state index contributed by atoms with van der Waals surface area (Å²) in [7, 11) is 0. The third-order valence-electron chi connectivity index (χ3n) is 2.35. The number of aromatic hydroxyl groups is 1. The fourth-order valence-electron chi connectivity index (χ4n) is 1.48. The first-order valence-electron chi connectivity index (χ1n) is 4.90. The maximum Gasteiger partial charge on any atom is 0.416 e. The van der Waals surface area contributed by atoms with E-state index < -0.39 is 17.7 Å². The van der Waals surface area contributed by atoms with Crippen molar-refractivity contribution in [2.24, 2.45) is 0 Å². The highest BCUT2D eigenvalue weighted by molar-refractivity contribution is 5.64. The SMILES string of the molecule is Oc1cnc(F)c(-c2ccc(C(F)(F)F)cc2)c1. The second-order valence-corrected chi connectivity index (χ2v) is 3.61. The molecular formula is C12H7F4NO. The fourth-order valence-corrected chi connectivity index (χ4v) is 1.48. The summed E-state index contributed by atoms with van der Waals surface area (Å²) in [6.45, 7) is 0. The minimum absolute atomic E-state index is 0.0521. The number of aromatic nitrogens is 1. The standard InChI is InChI=1S/C12H7F4NO/c13-11-10(5-9(18)6-17-11)7-1-3-8(4-2-7)12(14,15)16/h1-6,18H. The predicted octanol–water partition coefficient (Wildman–Crippen LogP) is 3.61. The normalized spacial score (nSPS) is 11.6. The first kappa shape index (κ1) is 12.3. The van der Waals surface area contributed by atoms with Gasteiger partial charge in [-0.3, -0.25) is 0 Å². The van der Waals surface area contributed by atoms with Gasteiger partial charge < -0.3 is 5.11 Å². The number of benzene rings is 1. The maximum absolute atomic E-state index is 13.3. The summed E-state index contributed by atoms with van der Waals surface area (Å²) in [5.74, 6) is -1.11. The van der Waals surface area contributed by atoms with E-state index in [4.69, 9.17) is 0 Å². The number of halogens is 4. The van der Waals surface area contributed by atoms with Crippen molar-refractivity contribution in [3.05, 3.63) is 48.0 Å². The Bertz CT molecular complexity index is 563. The number of nitrogens with zero attached hydrogens (tertiary/aromatic N) is 1. The van der Waals surface area contributed by atoms with Crippen LogP contribution in [-0.4, -0.2) is 10.1 Å². The molecule has 1 N–H and O–H groups in total. The Kier molecular flexibility index (Phi) is 2.94. The largest absolute Gasteiger partial charge is 0.506 e. The summed E-state index contributed by atoms with van der Waals surface area (Å²) in [5, 5.41) is 9.17. The molecule has 0 radical (unpaired) electrons. The van der Waals surface area contributed by atoms with Gasteiger partial charge in [-0.15, -0.1) is 0 Å². The second kappa shape index (κ2) is 4.29. The van der Waals surface area contributed by atoms with Crippen LogP contribution in [0.4, 0.5) is 17.6 Å². The van der Waals surface area contributed by atoms with Crippen LogP contribution in [0.15, 0.2) is 36.5 Å². The Labute approximate surface area is 99.5 Å². The van der Waals surface area contributed by atoms with Crippen molar-refractivity contribution in [2.45, 2.75) is 6.18 Å². The van der Waals surface area contributed by atoms with E-state index in [1.54, 1.807) is 0 Å².